The quantitative estimate of drug-likeness (QED) is 0.165. The van der Waals surface area contributed by atoms with E-state index in [4.69, 9.17) is 19.2 Å². The molecular formula is C36H42N2O4. The number of nitrogens with zero attached hydrogens (tertiary/aromatic N) is 2. The molecular weight excluding hydrogens is 524 g/mol. The summed E-state index contributed by atoms with van der Waals surface area (Å²) < 4.78 is 17.6. The highest BCUT2D eigenvalue weighted by molar-refractivity contribution is 5.80. The van der Waals surface area contributed by atoms with Crippen LogP contribution in [0.4, 0.5) is 0 Å². The van der Waals surface area contributed by atoms with Gasteiger partial charge in [-0.25, -0.2) is 4.98 Å². The van der Waals surface area contributed by atoms with Gasteiger partial charge in [-0.2, -0.15) is 5.26 Å². The lowest BCUT2D eigenvalue weighted by molar-refractivity contribution is -0.145. The van der Waals surface area contributed by atoms with Gasteiger partial charge in [-0.15, -0.1) is 0 Å². The van der Waals surface area contributed by atoms with Crippen molar-refractivity contribution in [3.63, 3.8) is 0 Å². The number of fused-ring (bicyclic) bond motifs is 3. The van der Waals surface area contributed by atoms with E-state index in [9.17, 15) is 10.1 Å². The second-order valence-corrected chi connectivity index (χ2v) is 12.4. The van der Waals surface area contributed by atoms with Gasteiger partial charge in [0.15, 0.2) is 0 Å². The van der Waals surface area contributed by atoms with Crippen molar-refractivity contribution in [2.24, 2.45) is 17.3 Å². The van der Waals surface area contributed by atoms with E-state index < -0.39 is 0 Å². The van der Waals surface area contributed by atoms with E-state index in [0.29, 0.717) is 31.6 Å². The van der Waals surface area contributed by atoms with Crippen molar-refractivity contribution in [2.45, 2.75) is 79.8 Å². The number of rotatable bonds is 12. The summed E-state index contributed by atoms with van der Waals surface area (Å²) >= 11 is 0. The number of aromatic nitrogens is 1. The van der Waals surface area contributed by atoms with Crippen LogP contribution in [0.25, 0.3) is 11.1 Å². The number of carbonyl (C=O) groups is 1. The van der Waals surface area contributed by atoms with E-state index in [1.54, 1.807) is 0 Å². The maximum absolute atomic E-state index is 12.4. The molecule has 0 aliphatic heterocycles. The zero-order valence-corrected chi connectivity index (χ0v) is 25.8. The predicted octanol–water partition coefficient (Wildman–Crippen LogP) is 7.66. The molecule has 220 valence electrons. The predicted molar refractivity (Wildman–Crippen MR) is 163 cm³/mol. The molecule has 0 N–H and O–H groups in total. The normalized spacial score (nSPS) is 18.5. The number of nitriles is 1. The van der Waals surface area contributed by atoms with Gasteiger partial charge in [0.05, 0.1) is 30.6 Å². The molecule has 0 bridgehead atoms. The minimum absolute atomic E-state index is 0.00608. The van der Waals surface area contributed by atoms with Gasteiger partial charge in [0.1, 0.15) is 12.4 Å². The second kappa shape index (κ2) is 12.2. The van der Waals surface area contributed by atoms with Crippen LogP contribution in [0.1, 0.15) is 80.0 Å². The third kappa shape index (κ3) is 6.16. The largest absolute Gasteiger partial charge is 0.494 e. The third-order valence-corrected chi connectivity index (χ3v) is 8.68. The fourth-order valence-corrected chi connectivity index (χ4v) is 6.59. The first-order valence-corrected chi connectivity index (χ1v) is 15.2. The highest BCUT2D eigenvalue weighted by Crippen LogP contribution is 2.62. The summed E-state index contributed by atoms with van der Waals surface area (Å²) in [6, 6.07) is 17.1. The highest BCUT2D eigenvalue weighted by Gasteiger charge is 2.61. The lowest BCUT2D eigenvalue weighted by Crippen LogP contribution is -2.12. The summed E-state index contributed by atoms with van der Waals surface area (Å²) in [5, 5.41) is 9.22. The molecule has 0 amide bonds. The zero-order valence-electron chi connectivity index (χ0n) is 25.8. The van der Waals surface area contributed by atoms with Crippen molar-refractivity contribution in [2.75, 3.05) is 13.2 Å². The molecule has 5 rings (SSSR count). The summed E-state index contributed by atoms with van der Waals surface area (Å²) in [5.41, 5.74) is 8.99. The van der Waals surface area contributed by atoms with Crippen molar-refractivity contribution in [3.8, 4) is 28.8 Å². The van der Waals surface area contributed by atoms with E-state index in [1.165, 1.54) is 16.7 Å². The van der Waals surface area contributed by atoms with Crippen molar-refractivity contribution >= 4 is 5.97 Å². The SMILES string of the molecule is CCOC(=O)[C@H]1[C@@H]2Cc3cc(OCc4cccc(-c5c(C)cc(OCCCC(C)(C)C#N)cc5C)c4)nc(CC)c3[C@H]21. The molecule has 2 aromatic carbocycles. The molecule has 0 radical (unpaired) electrons. The second-order valence-electron chi connectivity index (χ2n) is 12.4. The molecule has 1 fully saturated rings. The Labute approximate surface area is 250 Å². The molecule has 42 heavy (non-hydrogen) atoms. The van der Waals surface area contributed by atoms with E-state index in [2.05, 4.69) is 69.3 Å². The number of hydrogen-bond acceptors (Lipinski definition) is 6. The topological polar surface area (TPSA) is 81.4 Å². The lowest BCUT2D eigenvalue weighted by atomic mass is 9.90. The highest BCUT2D eigenvalue weighted by atomic mass is 16.5. The molecule has 1 saturated carbocycles. The summed E-state index contributed by atoms with van der Waals surface area (Å²) in [4.78, 5) is 17.2. The van der Waals surface area contributed by atoms with E-state index >= 15 is 0 Å². The van der Waals surface area contributed by atoms with Crippen molar-refractivity contribution in [1.82, 2.24) is 4.98 Å². The molecule has 0 unspecified atom stereocenters. The van der Waals surface area contributed by atoms with Crippen LogP contribution in [0.15, 0.2) is 42.5 Å². The number of hydrogen-bond donors (Lipinski definition) is 0. The van der Waals surface area contributed by atoms with Gasteiger partial charge >= 0.3 is 5.97 Å². The van der Waals surface area contributed by atoms with Crippen LogP contribution in [0.5, 0.6) is 11.6 Å². The smallest absolute Gasteiger partial charge is 0.309 e. The Morgan fingerprint density at radius 1 is 1.10 bits per heavy atom. The van der Waals surface area contributed by atoms with Crippen LogP contribution in [-0.2, 0) is 29.0 Å². The molecule has 1 heterocycles. The Morgan fingerprint density at radius 2 is 1.86 bits per heavy atom. The van der Waals surface area contributed by atoms with Gasteiger partial charge in [0, 0.05) is 17.7 Å². The van der Waals surface area contributed by atoms with Crippen LogP contribution in [0.3, 0.4) is 0 Å². The molecule has 2 aliphatic carbocycles. The molecule has 1 aromatic heterocycles. The van der Waals surface area contributed by atoms with Crippen LogP contribution in [0.2, 0.25) is 0 Å². The number of carbonyl (C=O) groups excluding carboxylic acids is 1. The molecule has 3 atom stereocenters. The molecule has 6 nitrogen and oxygen atoms in total. The fourth-order valence-electron chi connectivity index (χ4n) is 6.59. The Kier molecular flexibility index (Phi) is 8.59. The first kappa shape index (κ1) is 29.6. The van der Waals surface area contributed by atoms with Crippen LogP contribution in [0, 0.1) is 42.4 Å². The standard InChI is InChI=1S/C36H42N2O4/c1-7-29-32-26(18-28-33(32)34(28)35(39)40-8-2)19-30(38-29)42-20-24-11-9-12-25(17-24)31-22(3)15-27(16-23(31)4)41-14-10-13-36(5,6)21-37/h9,11-12,15-17,19,28,33-34H,7-8,10,13-14,18,20H2,1-6H3/t28-,33+,34+/m1/s1. The number of ether oxygens (including phenoxy) is 3. The van der Waals surface area contributed by atoms with Gasteiger partial charge < -0.3 is 14.2 Å². The van der Waals surface area contributed by atoms with E-state index in [1.807, 2.05) is 20.8 Å². The Morgan fingerprint density at radius 3 is 2.55 bits per heavy atom. The van der Waals surface area contributed by atoms with Gasteiger partial charge in [0.2, 0.25) is 5.88 Å². The molecule has 6 heteroatoms. The van der Waals surface area contributed by atoms with Gasteiger partial charge in [-0.05, 0) is 123 Å². The average Bonchev–Trinajstić information content (AvgIpc) is 3.54. The van der Waals surface area contributed by atoms with Crippen LogP contribution >= 0.6 is 0 Å². The van der Waals surface area contributed by atoms with Crippen LogP contribution in [-0.4, -0.2) is 24.2 Å². The monoisotopic (exact) mass is 566 g/mol. The van der Waals surface area contributed by atoms with E-state index in [-0.39, 0.29) is 23.2 Å². The molecule has 3 aromatic rings. The van der Waals surface area contributed by atoms with Crippen molar-refractivity contribution in [1.29, 1.82) is 5.26 Å². The maximum atomic E-state index is 12.4. The van der Waals surface area contributed by atoms with Crippen LogP contribution < -0.4 is 9.47 Å². The third-order valence-electron chi connectivity index (χ3n) is 8.68. The van der Waals surface area contributed by atoms with Gasteiger partial charge in [-0.1, -0.05) is 25.1 Å². The number of benzene rings is 2. The first-order chi connectivity index (χ1) is 20.2. The number of esters is 1. The minimum atomic E-state index is -0.321. The Balaban J connectivity index is 1.25. The molecule has 0 spiro atoms. The summed E-state index contributed by atoms with van der Waals surface area (Å²) in [6.07, 6.45) is 3.35. The van der Waals surface area contributed by atoms with Gasteiger partial charge in [0.25, 0.3) is 0 Å². The summed E-state index contributed by atoms with van der Waals surface area (Å²) in [7, 11) is 0. The zero-order chi connectivity index (χ0) is 30.0. The number of pyridine rings is 1. The van der Waals surface area contributed by atoms with Crippen molar-refractivity contribution < 1.29 is 19.0 Å². The minimum Gasteiger partial charge on any atom is -0.494 e. The number of aryl methyl sites for hydroxylation is 3. The van der Waals surface area contributed by atoms with E-state index in [0.717, 1.165) is 59.4 Å². The summed E-state index contributed by atoms with van der Waals surface area (Å²) in [6.45, 7) is 13.6. The lowest BCUT2D eigenvalue weighted by Gasteiger charge is -2.17. The molecule has 2 aliphatic rings. The van der Waals surface area contributed by atoms with Crippen molar-refractivity contribution in [3.05, 3.63) is 76.0 Å². The molecule has 0 saturated heterocycles. The Bertz CT molecular complexity index is 1500. The average molecular weight is 567 g/mol. The summed E-state index contributed by atoms with van der Waals surface area (Å²) in [5.74, 6) is 2.04. The fraction of sp³-hybridized carbons (Fsp3) is 0.472. The first-order valence-electron chi connectivity index (χ1n) is 15.2. The van der Waals surface area contributed by atoms with Gasteiger partial charge in [-0.3, -0.25) is 4.79 Å². The Hall–Kier alpha value is -3.85. The maximum Gasteiger partial charge on any atom is 0.309 e.